The first kappa shape index (κ1) is 17.6. The number of benzene rings is 1. The zero-order valence-corrected chi connectivity index (χ0v) is 13.2. The molecule has 0 saturated carbocycles. The molecule has 0 unspecified atom stereocenters. The Morgan fingerprint density at radius 1 is 1.24 bits per heavy atom. The molecule has 0 spiro atoms. The summed E-state index contributed by atoms with van der Waals surface area (Å²) in [7, 11) is 1.64. The highest BCUT2D eigenvalue weighted by atomic mass is 35.5. The second-order valence-electron chi connectivity index (χ2n) is 4.49. The lowest BCUT2D eigenvalue weighted by atomic mass is 10.3. The van der Waals surface area contributed by atoms with Crippen molar-refractivity contribution in [3.8, 4) is 5.75 Å². The molecule has 1 rings (SSSR count). The first-order valence-corrected chi connectivity index (χ1v) is 7.19. The quantitative estimate of drug-likeness (QED) is 0.793. The smallest absolute Gasteiger partial charge is 0.303 e. The van der Waals surface area contributed by atoms with E-state index in [0.29, 0.717) is 28.8 Å². The normalized spacial score (nSPS) is 10.2. The van der Waals surface area contributed by atoms with E-state index in [-0.39, 0.29) is 25.4 Å². The van der Waals surface area contributed by atoms with E-state index >= 15 is 0 Å². The fourth-order valence-electron chi connectivity index (χ4n) is 1.61. The van der Waals surface area contributed by atoms with Gasteiger partial charge >= 0.3 is 5.97 Å². The maximum absolute atomic E-state index is 11.8. The van der Waals surface area contributed by atoms with Gasteiger partial charge in [-0.15, -0.1) is 0 Å². The number of ether oxygens (including phenoxy) is 1. The molecule has 5 nitrogen and oxygen atoms in total. The highest BCUT2D eigenvalue weighted by Crippen LogP contribution is 2.26. The van der Waals surface area contributed by atoms with Crippen LogP contribution in [0.5, 0.6) is 5.75 Å². The van der Waals surface area contributed by atoms with E-state index in [4.69, 9.17) is 33.0 Å². The topological polar surface area (TPSA) is 66.8 Å². The van der Waals surface area contributed by atoms with Crippen LogP contribution in [0.4, 0.5) is 0 Å². The van der Waals surface area contributed by atoms with E-state index in [2.05, 4.69) is 0 Å². The fraction of sp³-hybridized carbons (Fsp3) is 0.429. The molecule has 0 saturated heterocycles. The minimum Gasteiger partial charge on any atom is -0.493 e. The number of carboxylic acid groups (broad SMARTS) is 1. The molecule has 0 aliphatic heterocycles. The first-order valence-electron chi connectivity index (χ1n) is 6.43. The molecule has 1 amide bonds. The predicted molar refractivity (Wildman–Crippen MR) is 81.1 cm³/mol. The summed E-state index contributed by atoms with van der Waals surface area (Å²) in [6.45, 7) is 0.637. The molecule has 0 aliphatic carbocycles. The minimum atomic E-state index is -0.862. The van der Waals surface area contributed by atoms with Crippen LogP contribution in [0.3, 0.4) is 0 Å². The van der Waals surface area contributed by atoms with Crippen LogP contribution in [0.1, 0.15) is 19.3 Å². The van der Waals surface area contributed by atoms with Crippen molar-refractivity contribution in [2.45, 2.75) is 19.3 Å². The summed E-state index contributed by atoms with van der Waals surface area (Å²) in [5, 5.41) is 9.37. The van der Waals surface area contributed by atoms with Crippen LogP contribution in [0.25, 0.3) is 0 Å². The van der Waals surface area contributed by atoms with Crippen molar-refractivity contribution in [3.63, 3.8) is 0 Å². The molecule has 0 heterocycles. The van der Waals surface area contributed by atoms with Crippen LogP contribution in [-0.2, 0) is 9.59 Å². The lowest BCUT2D eigenvalue weighted by Crippen LogP contribution is -2.29. The molecule has 7 heteroatoms. The van der Waals surface area contributed by atoms with Crippen LogP contribution in [0, 0.1) is 0 Å². The molecule has 0 aliphatic rings. The van der Waals surface area contributed by atoms with E-state index in [1.807, 2.05) is 0 Å². The molecule has 21 heavy (non-hydrogen) atoms. The Kier molecular flexibility index (Phi) is 7.32. The monoisotopic (exact) mass is 333 g/mol. The summed E-state index contributed by atoms with van der Waals surface area (Å²) in [5.41, 5.74) is 0. The Morgan fingerprint density at radius 2 is 1.95 bits per heavy atom. The number of hydrogen-bond donors (Lipinski definition) is 1. The minimum absolute atomic E-state index is 0.0530. The van der Waals surface area contributed by atoms with Crippen molar-refractivity contribution in [1.29, 1.82) is 0 Å². The van der Waals surface area contributed by atoms with Gasteiger partial charge in [0.15, 0.2) is 0 Å². The average Bonchev–Trinajstić information content (AvgIpc) is 2.42. The summed E-state index contributed by atoms with van der Waals surface area (Å²) in [5.74, 6) is -0.412. The van der Waals surface area contributed by atoms with E-state index in [0.717, 1.165) is 0 Å². The largest absolute Gasteiger partial charge is 0.493 e. The van der Waals surface area contributed by atoms with Gasteiger partial charge in [0.25, 0.3) is 0 Å². The van der Waals surface area contributed by atoms with E-state index in [9.17, 15) is 9.59 Å². The molecule has 1 aromatic rings. The Hall–Kier alpha value is -1.46. The van der Waals surface area contributed by atoms with Gasteiger partial charge in [0, 0.05) is 26.1 Å². The number of carbonyl (C=O) groups is 2. The van der Waals surface area contributed by atoms with Crippen LogP contribution in [0.15, 0.2) is 18.2 Å². The molecule has 0 aromatic heterocycles. The predicted octanol–water partition coefficient (Wildman–Crippen LogP) is 3.09. The van der Waals surface area contributed by atoms with Crippen molar-refractivity contribution in [1.82, 2.24) is 4.90 Å². The van der Waals surface area contributed by atoms with Crippen molar-refractivity contribution in [3.05, 3.63) is 28.2 Å². The standard InChI is InChI=1S/C14H17Cl2NO4/c1-17(7-2-3-14(19)20)13(18)6-8-21-10-4-5-11(15)12(16)9-10/h4-5,9H,2-3,6-8H2,1H3,(H,19,20). The van der Waals surface area contributed by atoms with E-state index in [1.54, 1.807) is 25.2 Å². The van der Waals surface area contributed by atoms with Crippen LogP contribution < -0.4 is 4.74 Å². The van der Waals surface area contributed by atoms with E-state index < -0.39 is 5.97 Å². The lowest BCUT2D eigenvalue weighted by molar-refractivity contribution is -0.138. The number of carboxylic acids is 1. The van der Waals surface area contributed by atoms with Gasteiger partial charge < -0.3 is 14.7 Å². The maximum Gasteiger partial charge on any atom is 0.303 e. The highest BCUT2D eigenvalue weighted by Gasteiger charge is 2.09. The van der Waals surface area contributed by atoms with Crippen LogP contribution in [-0.4, -0.2) is 42.1 Å². The summed E-state index contributed by atoms with van der Waals surface area (Å²) in [4.78, 5) is 23.7. The Labute approximate surface area is 133 Å². The molecule has 1 N–H and O–H groups in total. The van der Waals surface area contributed by atoms with Gasteiger partial charge in [-0.05, 0) is 18.6 Å². The first-order chi connectivity index (χ1) is 9.90. The third-order valence-corrected chi connectivity index (χ3v) is 3.52. The number of nitrogens with zero attached hydrogens (tertiary/aromatic N) is 1. The lowest BCUT2D eigenvalue weighted by Gasteiger charge is -2.16. The number of rotatable bonds is 8. The van der Waals surface area contributed by atoms with Gasteiger partial charge in [-0.3, -0.25) is 9.59 Å². The number of aliphatic carboxylic acids is 1. The van der Waals surface area contributed by atoms with Gasteiger partial charge in [0.1, 0.15) is 5.75 Å². The van der Waals surface area contributed by atoms with Crippen LogP contribution in [0.2, 0.25) is 10.0 Å². The Morgan fingerprint density at radius 3 is 2.57 bits per heavy atom. The van der Waals surface area contributed by atoms with Gasteiger partial charge in [0.05, 0.1) is 23.1 Å². The third-order valence-electron chi connectivity index (χ3n) is 2.79. The van der Waals surface area contributed by atoms with Crippen LogP contribution >= 0.6 is 23.2 Å². The molecule has 0 radical (unpaired) electrons. The summed E-state index contributed by atoms with van der Waals surface area (Å²) in [6, 6.07) is 4.89. The number of carbonyl (C=O) groups excluding carboxylic acids is 1. The Balaban J connectivity index is 2.29. The number of halogens is 2. The summed E-state index contributed by atoms with van der Waals surface area (Å²) in [6.07, 6.45) is 0.701. The van der Waals surface area contributed by atoms with Crippen molar-refractivity contribution >= 4 is 35.1 Å². The molecule has 0 bridgehead atoms. The van der Waals surface area contributed by atoms with Crippen molar-refractivity contribution < 1.29 is 19.4 Å². The zero-order chi connectivity index (χ0) is 15.8. The maximum atomic E-state index is 11.8. The van der Waals surface area contributed by atoms with Gasteiger partial charge in [0.2, 0.25) is 5.91 Å². The summed E-state index contributed by atoms with van der Waals surface area (Å²) < 4.78 is 5.42. The second kappa shape index (κ2) is 8.74. The Bertz CT molecular complexity index is 508. The van der Waals surface area contributed by atoms with E-state index in [1.165, 1.54) is 4.90 Å². The SMILES string of the molecule is CN(CCCC(=O)O)C(=O)CCOc1ccc(Cl)c(Cl)c1. The van der Waals surface area contributed by atoms with Gasteiger partial charge in [-0.2, -0.15) is 0 Å². The average molecular weight is 334 g/mol. The molecule has 0 fully saturated rings. The fourth-order valence-corrected chi connectivity index (χ4v) is 1.89. The second-order valence-corrected chi connectivity index (χ2v) is 5.30. The number of amides is 1. The molecule has 0 atom stereocenters. The van der Waals surface area contributed by atoms with Crippen molar-refractivity contribution in [2.24, 2.45) is 0 Å². The zero-order valence-electron chi connectivity index (χ0n) is 11.6. The molecular formula is C14H17Cl2NO4. The molecule has 116 valence electrons. The highest BCUT2D eigenvalue weighted by molar-refractivity contribution is 6.42. The van der Waals surface area contributed by atoms with Gasteiger partial charge in [-0.1, -0.05) is 23.2 Å². The number of hydrogen-bond acceptors (Lipinski definition) is 3. The molecular weight excluding hydrogens is 317 g/mol. The molecule has 1 aromatic carbocycles. The summed E-state index contributed by atoms with van der Waals surface area (Å²) >= 11 is 11.6. The van der Waals surface area contributed by atoms with Gasteiger partial charge in [-0.25, -0.2) is 0 Å². The third kappa shape index (κ3) is 6.69. The van der Waals surface area contributed by atoms with Crippen molar-refractivity contribution in [2.75, 3.05) is 20.2 Å².